The van der Waals surface area contributed by atoms with E-state index in [1.54, 1.807) is 13.8 Å². The van der Waals surface area contributed by atoms with Gasteiger partial charge in [-0.25, -0.2) is 4.79 Å². The monoisotopic (exact) mass is 295 g/mol. The molecule has 2 N–H and O–H groups in total. The zero-order valence-electron chi connectivity index (χ0n) is 12.1. The first kappa shape index (κ1) is 15.1. The fourth-order valence-electron chi connectivity index (χ4n) is 2.61. The van der Waals surface area contributed by atoms with Crippen LogP contribution >= 0.6 is 11.8 Å². The van der Waals surface area contributed by atoms with E-state index < -0.39 is 5.97 Å². The lowest BCUT2D eigenvalue weighted by Crippen LogP contribution is -2.28. The minimum absolute atomic E-state index is 0.254. The van der Waals surface area contributed by atoms with E-state index in [2.05, 4.69) is 21.8 Å². The summed E-state index contributed by atoms with van der Waals surface area (Å²) in [5.41, 5.74) is 1.61. The van der Waals surface area contributed by atoms with E-state index in [4.69, 9.17) is 0 Å². The summed E-state index contributed by atoms with van der Waals surface area (Å²) in [6.07, 6.45) is 6.59. The number of aromatic carboxylic acids is 1. The zero-order chi connectivity index (χ0) is 14.7. The van der Waals surface area contributed by atoms with Gasteiger partial charge >= 0.3 is 5.97 Å². The molecular weight excluding hydrogens is 274 g/mol. The van der Waals surface area contributed by atoms with E-state index in [1.165, 1.54) is 12.8 Å². The van der Waals surface area contributed by atoms with E-state index in [9.17, 15) is 9.90 Å². The first-order valence-corrected chi connectivity index (χ1v) is 8.18. The van der Waals surface area contributed by atoms with Crippen molar-refractivity contribution in [2.24, 2.45) is 0 Å². The molecule has 0 radical (unpaired) electrons. The number of nitrogens with one attached hydrogen (secondary N) is 1. The Balaban J connectivity index is 2.14. The second-order valence-corrected chi connectivity index (χ2v) is 6.43. The van der Waals surface area contributed by atoms with Gasteiger partial charge in [0.25, 0.3) is 0 Å². The van der Waals surface area contributed by atoms with Crippen LogP contribution in [0.15, 0.2) is 0 Å². The Hall–Kier alpha value is -1.30. The maximum absolute atomic E-state index is 11.4. The molecule has 1 aliphatic rings. The number of hydrogen-bond acceptors (Lipinski definition) is 5. The number of thioether (sulfide) groups is 1. The fourth-order valence-corrected chi connectivity index (χ4v) is 3.35. The lowest BCUT2D eigenvalue weighted by Gasteiger charge is -2.28. The normalized spacial score (nSPS) is 22.6. The molecular formula is C14H21N3O2S. The molecule has 0 unspecified atom stereocenters. The van der Waals surface area contributed by atoms with Crippen molar-refractivity contribution in [1.29, 1.82) is 0 Å². The Morgan fingerprint density at radius 1 is 1.25 bits per heavy atom. The largest absolute Gasteiger partial charge is 0.478 e. The molecule has 0 spiro atoms. The first-order chi connectivity index (χ1) is 9.52. The smallest absolute Gasteiger partial charge is 0.339 e. The number of aryl methyl sites for hydroxylation is 1. The van der Waals surface area contributed by atoms with Gasteiger partial charge in [0.15, 0.2) is 5.82 Å². The van der Waals surface area contributed by atoms with Crippen LogP contribution in [0.25, 0.3) is 0 Å². The molecule has 110 valence electrons. The Morgan fingerprint density at radius 3 is 2.45 bits per heavy atom. The summed E-state index contributed by atoms with van der Waals surface area (Å²) in [5.74, 6) is -0.533. The van der Waals surface area contributed by atoms with E-state index in [0.29, 0.717) is 23.1 Å². The van der Waals surface area contributed by atoms with Crippen LogP contribution in [-0.2, 0) is 0 Å². The van der Waals surface area contributed by atoms with Crippen molar-refractivity contribution in [3.63, 3.8) is 0 Å². The molecule has 0 amide bonds. The van der Waals surface area contributed by atoms with E-state index in [1.807, 2.05) is 11.8 Å². The number of nitrogens with zero attached hydrogens (tertiary/aromatic N) is 2. The van der Waals surface area contributed by atoms with Gasteiger partial charge in [-0.1, -0.05) is 0 Å². The van der Waals surface area contributed by atoms with Gasteiger partial charge in [0, 0.05) is 11.3 Å². The number of hydrogen-bond donors (Lipinski definition) is 2. The van der Waals surface area contributed by atoms with Gasteiger partial charge in [-0.15, -0.1) is 5.10 Å². The fraction of sp³-hybridized carbons (Fsp3) is 0.643. The highest BCUT2D eigenvalue weighted by Crippen LogP contribution is 2.29. The van der Waals surface area contributed by atoms with Crippen molar-refractivity contribution < 1.29 is 9.90 Å². The minimum atomic E-state index is -0.944. The molecule has 20 heavy (non-hydrogen) atoms. The summed E-state index contributed by atoms with van der Waals surface area (Å²) < 4.78 is 0. The number of aromatic nitrogens is 2. The molecule has 1 aliphatic carbocycles. The molecule has 1 aromatic rings. The highest BCUT2D eigenvalue weighted by Gasteiger charge is 2.24. The average Bonchev–Trinajstić information content (AvgIpc) is 2.43. The van der Waals surface area contributed by atoms with Crippen molar-refractivity contribution in [2.45, 2.75) is 50.8 Å². The molecule has 0 atom stereocenters. The van der Waals surface area contributed by atoms with Gasteiger partial charge in [-0.3, -0.25) is 0 Å². The van der Waals surface area contributed by atoms with Crippen LogP contribution in [0.2, 0.25) is 0 Å². The second kappa shape index (κ2) is 6.43. The second-order valence-electron chi connectivity index (χ2n) is 5.29. The zero-order valence-corrected chi connectivity index (χ0v) is 13.0. The van der Waals surface area contributed by atoms with Crippen LogP contribution in [0.5, 0.6) is 0 Å². The third kappa shape index (κ3) is 3.23. The molecule has 1 saturated carbocycles. The summed E-state index contributed by atoms with van der Waals surface area (Å²) in [7, 11) is 0. The summed E-state index contributed by atoms with van der Waals surface area (Å²) in [6.45, 7) is 3.56. The molecule has 6 heteroatoms. The quantitative estimate of drug-likeness (QED) is 0.889. The third-order valence-corrected chi connectivity index (χ3v) is 5.15. The topological polar surface area (TPSA) is 75.1 Å². The van der Waals surface area contributed by atoms with Crippen LogP contribution in [0.3, 0.4) is 0 Å². The Labute approximate surface area is 123 Å². The Kier molecular flexibility index (Phi) is 4.86. The van der Waals surface area contributed by atoms with Gasteiger partial charge in [-0.2, -0.15) is 16.9 Å². The molecule has 1 fully saturated rings. The molecule has 0 aromatic carbocycles. The van der Waals surface area contributed by atoms with E-state index in [-0.39, 0.29) is 5.56 Å². The van der Waals surface area contributed by atoms with Crippen molar-refractivity contribution in [1.82, 2.24) is 10.2 Å². The van der Waals surface area contributed by atoms with Crippen molar-refractivity contribution in [3.05, 3.63) is 16.8 Å². The molecule has 0 saturated heterocycles. The maximum atomic E-state index is 11.4. The van der Waals surface area contributed by atoms with Gasteiger partial charge in [0.2, 0.25) is 0 Å². The van der Waals surface area contributed by atoms with Crippen molar-refractivity contribution in [3.8, 4) is 0 Å². The van der Waals surface area contributed by atoms with Crippen molar-refractivity contribution >= 4 is 23.5 Å². The van der Waals surface area contributed by atoms with E-state index in [0.717, 1.165) is 18.1 Å². The average molecular weight is 295 g/mol. The summed E-state index contributed by atoms with van der Waals surface area (Å²) in [5, 5.41) is 21.5. The molecule has 1 heterocycles. The summed E-state index contributed by atoms with van der Waals surface area (Å²) in [6, 6.07) is 0.299. The van der Waals surface area contributed by atoms with Crippen molar-refractivity contribution in [2.75, 3.05) is 11.6 Å². The number of carbonyl (C=O) groups is 1. The summed E-state index contributed by atoms with van der Waals surface area (Å²) in [4.78, 5) is 11.4. The predicted octanol–water partition coefficient (Wildman–Crippen LogP) is 2.88. The first-order valence-electron chi connectivity index (χ1n) is 6.89. The number of carboxylic acid groups (broad SMARTS) is 1. The third-order valence-electron chi connectivity index (χ3n) is 4.02. The van der Waals surface area contributed by atoms with Gasteiger partial charge in [-0.05, 0) is 51.3 Å². The van der Waals surface area contributed by atoms with Gasteiger partial charge in [0.05, 0.1) is 5.69 Å². The Morgan fingerprint density at radius 2 is 1.90 bits per heavy atom. The SMILES string of the molecule is CSC1CCC(Nc2nnc(C)c(C)c2C(=O)O)CC1. The molecule has 5 nitrogen and oxygen atoms in total. The number of carboxylic acids is 1. The van der Waals surface area contributed by atoms with Gasteiger partial charge < -0.3 is 10.4 Å². The number of rotatable bonds is 4. The lowest BCUT2D eigenvalue weighted by molar-refractivity contribution is 0.0696. The summed E-state index contributed by atoms with van der Waals surface area (Å²) >= 11 is 1.92. The highest BCUT2D eigenvalue weighted by atomic mass is 32.2. The van der Waals surface area contributed by atoms with Crippen LogP contribution in [-0.4, -0.2) is 38.8 Å². The maximum Gasteiger partial charge on any atom is 0.339 e. The standard InChI is InChI=1S/C14H21N3O2S/c1-8-9(2)16-17-13(12(8)14(18)19)15-10-4-6-11(20-3)7-5-10/h10-11H,4-7H2,1-3H3,(H,15,17)(H,18,19). The lowest BCUT2D eigenvalue weighted by atomic mass is 9.94. The van der Waals surface area contributed by atoms with Crippen LogP contribution in [0, 0.1) is 13.8 Å². The van der Waals surface area contributed by atoms with Gasteiger partial charge in [0.1, 0.15) is 5.56 Å². The predicted molar refractivity (Wildman–Crippen MR) is 81.6 cm³/mol. The van der Waals surface area contributed by atoms with Crippen LogP contribution in [0.1, 0.15) is 47.3 Å². The highest BCUT2D eigenvalue weighted by molar-refractivity contribution is 7.99. The number of anilines is 1. The van der Waals surface area contributed by atoms with E-state index >= 15 is 0 Å². The Bertz CT molecular complexity index is 499. The minimum Gasteiger partial charge on any atom is -0.478 e. The molecule has 0 aliphatic heterocycles. The van der Waals surface area contributed by atoms with Crippen LogP contribution < -0.4 is 5.32 Å². The molecule has 1 aromatic heterocycles. The van der Waals surface area contributed by atoms with Crippen LogP contribution in [0.4, 0.5) is 5.82 Å². The molecule has 0 bridgehead atoms. The molecule has 2 rings (SSSR count).